The SMILES string of the molecule is Cc1nccn1CC(=O)N1CCC(c2cc(=O)n3[nH]ccc3n2)CC1. The van der Waals surface area contributed by atoms with Gasteiger partial charge in [0.15, 0.2) is 5.65 Å². The van der Waals surface area contributed by atoms with Gasteiger partial charge in [0.25, 0.3) is 5.56 Å². The number of imidazole rings is 1. The predicted molar refractivity (Wildman–Crippen MR) is 91.3 cm³/mol. The minimum atomic E-state index is -0.0981. The lowest BCUT2D eigenvalue weighted by molar-refractivity contribution is -0.132. The molecule has 3 aromatic rings. The van der Waals surface area contributed by atoms with Crippen molar-refractivity contribution in [1.29, 1.82) is 0 Å². The van der Waals surface area contributed by atoms with Gasteiger partial charge in [-0.05, 0) is 19.8 Å². The van der Waals surface area contributed by atoms with Crippen LogP contribution >= 0.6 is 0 Å². The average Bonchev–Trinajstić information content (AvgIpc) is 3.24. The zero-order valence-corrected chi connectivity index (χ0v) is 14.1. The molecule has 130 valence electrons. The number of nitrogens with one attached hydrogen (secondary N) is 1. The number of likely N-dealkylation sites (tertiary alicyclic amines) is 1. The molecule has 1 fully saturated rings. The highest BCUT2D eigenvalue weighted by Crippen LogP contribution is 2.26. The lowest BCUT2D eigenvalue weighted by Gasteiger charge is -2.32. The number of carbonyl (C=O) groups excluding carboxylic acids is 1. The van der Waals surface area contributed by atoms with Gasteiger partial charge in [0.1, 0.15) is 12.4 Å². The van der Waals surface area contributed by atoms with E-state index in [0.29, 0.717) is 25.3 Å². The van der Waals surface area contributed by atoms with E-state index in [-0.39, 0.29) is 17.4 Å². The van der Waals surface area contributed by atoms with Crippen LogP contribution in [0.15, 0.2) is 35.5 Å². The van der Waals surface area contributed by atoms with Gasteiger partial charge in [0.05, 0.1) is 5.69 Å². The quantitative estimate of drug-likeness (QED) is 0.768. The van der Waals surface area contributed by atoms with E-state index >= 15 is 0 Å². The Balaban J connectivity index is 1.43. The van der Waals surface area contributed by atoms with Crippen LogP contribution in [0.1, 0.15) is 30.3 Å². The molecule has 25 heavy (non-hydrogen) atoms. The van der Waals surface area contributed by atoms with Crippen molar-refractivity contribution in [2.75, 3.05) is 13.1 Å². The zero-order valence-electron chi connectivity index (χ0n) is 14.1. The number of aromatic nitrogens is 5. The Kier molecular flexibility index (Phi) is 3.87. The van der Waals surface area contributed by atoms with Gasteiger partial charge in [-0.15, -0.1) is 0 Å². The second-order valence-corrected chi connectivity index (χ2v) is 6.43. The van der Waals surface area contributed by atoms with Crippen LogP contribution in [0.25, 0.3) is 5.65 Å². The predicted octanol–water partition coefficient (Wildman–Crippen LogP) is 0.934. The van der Waals surface area contributed by atoms with Gasteiger partial charge >= 0.3 is 0 Å². The number of aryl methyl sites for hydroxylation is 1. The molecule has 0 aliphatic carbocycles. The summed E-state index contributed by atoms with van der Waals surface area (Å²) >= 11 is 0. The zero-order chi connectivity index (χ0) is 17.4. The molecule has 1 amide bonds. The lowest BCUT2D eigenvalue weighted by Crippen LogP contribution is -2.40. The number of fused-ring (bicyclic) bond motifs is 1. The molecule has 1 aliphatic heterocycles. The highest BCUT2D eigenvalue weighted by molar-refractivity contribution is 5.76. The summed E-state index contributed by atoms with van der Waals surface area (Å²) < 4.78 is 3.28. The van der Waals surface area contributed by atoms with Crippen LogP contribution in [0.2, 0.25) is 0 Å². The van der Waals surface area contributed by atoms with Crippen molar-refractivity contribution in [2.24, 2.45) is 0 Å². The summed E-state index contributed by atoms with van der Waals surface area (Å²) in [6.45, 7) is 3.59. The topological polar surface area (TPSA) is 88.3 Å². The molecule has 4 rings (SSSR count). The van der Waals surface area contributed by atoms with Gasteiger partial charge in [0.2, 0.25) is 5.91 Å². The number of hydrogen-bond acceptors (Lipinski definition) is 4. The van der Waals surface area contributed by atoms with Crippen LogP contribution in [-0.4, -0.2) is 48.0 Å². The second kappa shape index (κ2) is 6.19. The number of aromatic amines is 1. The number of carbonyl (C=O) groups is 1. The van der Waals surface area contributed by atoms with Gasteiger partial charge < -0.3 is 9.47 Å². The fourth-order valence-corrected chi connectivity index (χ4v) is 3.40. The Morgan fingerprint density at radius 1 is 1.36 bits per heavy atom. The second-order valence-electron chi connectivity index (χ2n) is 6.43. The first-order valence-corrected chi connectivity index (χ1v) is 8.44. The van der Waals surface area contributed by atoms with Crippen LogP contribution in [0.5, 0.6) is 0 Å². The number of amides is 1. The van der Waals surface area contributed by atoms with Gasteiger partial charge in [-0.2, -0.15) is 0 Å². The third kappa shape index (κ3) is 2.95. The largest absolute Gasteiger partial charge is 0.341 e. The number of rotatable bonds is 3. The number of hydrogen-bond donors (Lipinski definition) is 1. The molecular weight excluding hydrogens is 320 g/mol. The first kappa shape index (κ1) is 15.6. The molecule has 1 N–H and O–H groups in total. The molecule has 1 aliphatic rings. The molecule has 0 atom stereocenters. The van der Waals surface area contributed by atoms with Crippen LogP contribution in [0.4, 0.5) is 0 Å². The van der Waals surface area contributed by atoms with E-state index in [1.165, 1.54) is 4.52 Å². The molecule has 1 saturated heterocycles. The molecule has 8 heteroatoms. The molecule has 0 aromatic carbocycles. The summed E-state index contributed by atoms with van der Waals surface area (Å²) in [5, 5.41) is 2.85. The first-order chi connectivity index (χ1) is 12.1. The van der Waals surface area contributed by atoms with E-state index < -0.39 is 0 Å². The maximum absolute atomic E-state index is 12.5. The smallest absolute Gasteiger partial charge is 0.272 e. The van der Waals surface area contributed by atoms with Gasteiger partial charge in [-0.3, -0.25) is 14.7 Å². The van der Waals surface area contributed by atoms with E-state index in [1.807, 2.05) is 22.6 Å². The third-order valence-corrected chi connectivity index (χ3v) is 4.90. The van der Waals surface area contributed by atoms with Crippen molar-refractivity contribution < 1.29 is 4.79 Å². The maximum atomic E-state index is 12.5. The monoisotopic (exact) mass is 340 g/mol. The van der Waals surface area contributed by atoms with E-state index in [2.05, 4.69) is 15.1 Å². The summed E-state index contributed by atoms with van der Waals surface area (Å²) in [4.78, 5) is 35.2. The Hall–Kier alpha value is -2.90. The van der Waals surface area contributed by atoms with Crippen molar-refractivity contribution in [3.8, 4) is 0 Å². The Bertz CT molecular complexity index is 961. The van der Waals surface area contributed by atoms with E-state index in [9.17, 15) is 9.59 Å². The van der Waals surface area contributed by atoms with Crippen molar-refractivity contribution in [3.05, 3.63) is 52.6 Å². The summed E-state index contributed by atoms with van der Waals surface area (Å²) in [6.07, 6.45) is 6.87. The third-order valence-electron chi connectivity index (χ3n) is 4.90. The van der Waals surface area contributed by atoms with Gasteiger partial charge in [0, 0.05) is 49.7 Å². The average molecular weight is 340 g/mol. The van der Waals surface area contributed by atoms with Crippen molar-refractivity contribution >= 4 is 11.6 Å². The van der Waals surface area contributed by atoms with E-state index in [0.717, 1.165) is 24.4 Å². The lowest BCUT2D eigenvalue weighted by atomic mass is 9.93. The van der Waals surface area contributed by atoms with E-state index in [4.69, 9.17) is 0 Å². The fraction of sp³-hybridized carbons (Fsp3) is 0.412. The highest BCUT2D eigenvalue weighted by atomic mass is 16.2. The molecule has 3 aromatic heterocycles. The minimum Gasteiger partial charge on any atom is -0.341 e. The Labute approximate surface area is 144 Å². The van der Waals surface area contributed by atoms with Crippen LogP contribution in [0, 0.1) is 6.92 Å². The summed E-state index contributed by atoms with van der Waals surface area (Å²) in [5.74, 6) is 1.16. The molecule has 4 heterocycles. The Morgan fingerprint density at radius 2 is 2.16 bits per heavy atom. The molecular formula is C17H20N6O2. The molecule has 0 bridgehead atoms. The van der Waals surface area contributed by atoms with Crippen LogP contribution < -0.4 is 5.56 Å². The summed E-state index contributed by atoms with van der Waals surface area (Å²) in [7, 11) is 0. The van der Waals surface area contributed by atoms with Crippen molar-refractivity contribution in [1.82, 2.24) is 29.0 Å². The molecule has 0 saturated carbocycles. The standard InChI is InChI=1S/C17H20N6O2/c1-12-18-6-9-22(12)11-17(25)21-7-3-13(4-8-21)14-10-16(24)23-15(20-14)2-5-19-23/h2,5-6,9-10,13,19H,3-4,7-8,11H2,1H3. The highest BCUT2D eigenvalue weighted by Gasteiger charge is 2.25. The van der Waals surface area contributed by atoms with Crippen LogP contribution in [0.3, 0.4) is 0 Å². The van der Waals surface area contributed by atoms with Crippen molar-refractivity contribution in [2.45, 2.75) is 32.2 Å². The normalized spacial score (nSPS) is 15.8. The summed E-state index contributed by atoms with van der Waals surface area (Å²) in [5.41, 5.74) is 1.36. The first-order valence-electron chi connectivity index (χ1n) is 8.44. The van der Waals surface area contributed by atoms with Crippen molar-refractivity contribution in [3.63, 3.8) is 0 Å². The number of piperidine rings is 1. The molecule has 0 spiro atoms. The number of nitrogens with zero attached hydrogens (tertiary/aromatic N) is 5. The van der Waals surface area contributed by atoms with E-state index in [1.54, 1.807) is 24.5 Å². The maximum Gasteiger partial charge on any atom is 0.272 e. The molecule has 8 nitrogen and oxygen atoms in total. The Morgan fingerprint density at radius 3 is 2.88 bits per heavy atom. The van der Waals surface area contributed by atoms with Crippen LogP contribution in [-0.2, 0) is 11.3 Å². The van der Waals surface area contributed by atoms with Gasteiger partial charge in [-0.1, -0.05) is 0 Å². The fourth-order valence-electron chi connectivity index (χ4n) is 3.40. The van der Waals surface area contributed by atoms with Gasteiger partial charge in [-0.25, -0.2) is 14.5 Å². The molecule has 0 unspecified atom stereocenters. The number of H-pyrrole nitrogens is 1. The molecule has 0 radical (unpaired) electrons. The summed E-state index contributed by atoms with van der Waals surface area (Å²) in [6, 6.07) is 3.39. The minimum absolute atomic E-state index is 0.0981.